The molecule has 1 atom stereocenters. The van der Waals surface area contributed by atoms with Gasteiger partial charge in [-0.15, -0.1) is 25.2 Å². The first-order valence-electron chi connectivity index (χ1n) is 10.4. The number of hydrogen-bond acceptors (Lipinski definition) is 9. The van der Waals surface area contributed by atoms with Gasteiger partial charge in [-0.2, -0.15) is 12.6 Å². The van der Waals surface area contributed by atoms with Crippen molar-refractivity contribution >= 4 is 76.8 Å². The highest BCUT2D eigenvalue weighted by atomic mass is 32.1. The second kappa shape index (κ2) is 24.2. The highest BCUT2D eigenvalue weighted by molar-refractivity contribution is 7.82. The molecule has 0 aliphatic heterocycles. The lowest BCUT2D eigenvalue weighted by Gasteiger charge is -2.24. The zero-order valence-electron chi connectivity index (χ0n) is 23.3. The highest BCUT2D eigenvalue weighted by Gasteiger charge is 2.35. The van der Waals surface area contributed by atoms with Gasteiger partial charge in [0, 0.05) is 0 Å². The molecule has 0 aliphatic carbocycles. The van der Waals surface area contributed by atoms with Crippen LogP contribution >= 0.6 is 60.1 Å². The van der Waals surface area contributed by atoms with E-state index in [2.05, 4.69) is 12.6 Å². The van der Waals surface area contributed by atoms with Crippen molar-refractivity contribution in [1.82, 2.24) is 0 Å². The first kappa shape index (κ1) is 56.4. The topological polar surface area (TPSA) is 371 Å². The van der Waals surface area contributed by atoms with Gasteiger partial charge in [0.2, 0.25) is 0 Å². The second-order valence-corrected chi connectivity index (χ2v) is 13.5. The van der Waals surface area contributed by atoms with Crippen LogP contribution in [-0.4, -0.2) is 71.8 Å². The molecular weight excluding hydrogens is 832 g/mol. The Morgan fingerprint density at radius 2 is 0.854 bits per heavy atom. The quantitative estimate of drug-likeness (QED) is 0.0902. The molecule has 20 nitrogen and oxygen atoms in total. The number of esters is 1. The van der Waals surface area contributed by atoms with Crippen LogP contribution in [0.2, 0.25) is 0 Å². The summed E-state index contributed by atoms with van der Waals surface area (Å²) in [6, 6.07) is 14.0. The third-order valence-corrected chi connectivity index (χ3v) is 4.02. The van der Waals surface area contributed by atoms with E-state index in [1.165, 1.54) is 7.11 Å². The minimum Gasteiger partial charge on any atom is -0.468 e. The summed E-state index contributed by atoms with van der Waals surface area (Å²) in [7, 11) is -29.4. The van der Waals surface area contributed by atoms with Crippen molar-refractivity contribution in [3.63, 3.8) is 0 Å². The molecule has 286 valence electrons. The summed E-state index contributed by atoms with van der Waals surface area (Å²) in [6.07, 6.45) is 0.584. The Hall–Kier alpha value is -1.00. The van der Waals surface area contributed by atoms with Crippen molar-refractivity contribution in [2.45, 2.75) is 18.1 Å². The third-order valence-electron chi connectivity index (χ3n) is 3.26. The summed E-state index contributed by atoms with van der Waals surface area (Å²) in [5, 5.41) is 2.25. The number of carbonyl (C=O) groups excluding carboxylic acids is 1. The van der Waals surface area contributed by atoms with E-state index >= 15 is 0 Å². The molecule has 2 rings (SSSR count). The van der Waals surface area contributed by atoms with E-state index in [1.807, 2.05) is 49.4 Å². The zero-order valence-corrected chi connectivity index (χ0v) is 29.5. The van der Waals surface area contributed by atoms with Gasteiger partial charge in [0.25, 0.3) is 0 Å². The summed E-state index contributed by atoms with van der Waals surface area (Å²) in [6.45, 7) is 1.93. The fourth-order valence-electron chi connectivity index (χ4n) is 2.08. The SMILES string of the molecule is CCC(S)(C(=O)OC)c1ccc2ccccc2c1.O=P(O)(O)F.O=P(O)(O)F.O=P(O)(O)F.O=P(O)(O)F.O=P(O)(O)F.O=P(O)(O)F. The van der Waals surface area contributed by atoms with Crippen LogP contribution in [-0.2, 0) is 41.7 Å². The molecule has 2 aromatic rings. The van der Waals surface area contributed by atoms with Gasteiger partial charge < -0.3 is 4.74 Å². The molecule has 2 aromatic carbocycles. The van der Waals surface area contributed by atoms with Gasteiger partial charge in [-0.1, -0.05) is 43.3 Å². The molecule has 0 fully saturated rings. The molecular formula is C15H28F6O20P6S. The fourth-order valence-corrected chi connectivity index (χ4v) is 2.31. The molecule has 0 heterocycles. The maximum absolute atomic E-state index is 11.9. The second-order valence-electron chi connectivity index (χ2n) is 7.10. The van der Waals surface area contributed by atoms with Gasteiger partial charge in [0.1, 0.15) is 4.75 Å². The van der Waals surface area contributed by atoms with Gasteiger partial charge >= 0.3 is 53.4 Å². The van der Waals surface area contributed by atoms with Crippen molar-refractivity contribution in [2.24, 2.45) is 0 Å². The van der Waals surface area contributed by atoms with Crippen LogP contribution in [0.4, 0.5) is 25.2 Å². The Morgan fingerprint density at radius 1 is 0.604 bits per heavy atom. The van der Waals surface area contributed by atoms with Crippen LogP contribution in [0.1, 0.15) is 18.9 Å². The lowest BCUT2D eigenvalue weighted by Crippen LogP contribution is -2.30. The van der Waals surface area contributed by atoms with E-state index < -0.39 is 52.2 Å². The predicted octanol–water partition coefficient (Wildman–Crippen LogP) is 3.84. The number of fused-ring (bicyclic) bond motifs is 1. The van der Waals surface area contributed by atoms with Crippen LogP contribution in [0.3, 0.4) is 0 Å². The molecule has 1 unspecified atom stereocenters. The molecule has 0 saturated carbocycles. The first-order valence-corrected chi connectivity index (χ1v) is 19.9. The minimum absolute atomic E-state index is 0.316. The summed E-state index contributed by atoms with van der Waals surface area (Å²) < 4.78 is 118. The monoisotopic (exact) mass is 860 g/mol. The van der Waals surface area contributed by atoms with Crippen LogP contribution in [0.25, 0.3) is 10.8 Å². The van der Waals surface area contributed by atoms with Crippen molar-refractivity contribution in [2.75, 3.05) is 7.11 Å². The normalized spacial score (nSPS) is 12.7. The molecule has 0 saturated heterocycles. The summed E-state index contributed by atoms with van der Waals surface area (Å²) in [5.74, 6) is -0.316. The number of rotatable bonds is 3. The molecule has 33 heteroatoms. The van der Waals surface area contributed by atoms with E-state index in [0.717, 1.165) is 16.3 Å². The number of methoxy groups -OCH3 is 1. The lowest BCUT2D eigenvalue weighted by molar-refractivity contribution is -0.143. The molecule has 12 N–H and O–H groups in total. The Morgan fingerprint density at radius 3 is 1.08 bits per heavy atom. The molecule has 48 heavy (non-hydrogen) atoms. The minimum atomic E-state index is -5.14. The average Bonchev–Trinajstić information content (AvgIpc) is 2.76. The van der Waals surface area contributed by atoms with E-state index in [1.54, 1.807) is 0 Å². The van der Waals surface area contributed by atoms with Gasteiger partial charge in [0.05, 0.1) is 7.11 Å². The van der Waals surface area contributed by atoms with Crippen molar-refractivity contribution in [3.05, 3.63) is 48.0 Å². The predicted molar refractivity (Wildman–Crippen MR) is 156 cm³/mol. The summed E-state index contributed by atoms with van der Waals surface area (Å²) in [5.41, 5.74) is 0.874. The third kappa shape index (κ3) is 67.2. The average molecular weight is 860 g/mol. The largest absolute Gasteiger partial charge is 0.507 e. The maximum atomic E-state index is 11.9. The Bertz CT molecular complexity index is 1310. The smallest absolute Gasteiger partial charge is 0.468 e. The zero-order chi connectivity index (χ0) is 40.2. The number of ether oxygens (including phenoxy) is 1. The van der Waals surface area contributed by atoms with Gasteiger partial charge in [-0.05, 0) is 28.8 Å². The molecule has 0 amide bonds. The summed E-state index contributed by atoms with van der Waals surface area (Å²) in [4.78, 5) is 95.5. The van der Waals surface area contributed by atoms with Crippen molar-refractivity contribution in [1.29, 1.82) is 0 Å². The standard InChI is InChI=1S/C15H16O2S.6FH2O3P/c1-3-15(18,14(16)17-2)13-9-8-11-6-4-5-7-12(11)10-13;6*1-5(2,3)4/h4-10,18H,3H2,1-2H3;6*(H2,2,3,4). The molecule has 0 bridgehead atoms. The number of hydrogen-bond donors (Lipinski definition) is 13. The molecule has 0 aromatic heterocycles. The van der Waals surface area contributed by atoms with Crippen LogP contribution in [0.5, 0.6) is 0 Å². The number of thiol groups is 1. The van der Waals surface area contributed by atoms with E-state index in [0.29, 0.717) is 6.42 Å². The highest BCUT2D eigenvalue weighted by Crippen LogP contribution is 2.38. The summed E-state index contributed by atoms with van der Waals surface area (Å²) >= 11 is 4.53. The molecule has 0 radical (unpaired) electrons. The van der Waals surface area contributed by atoms with E-state index in [-0.39, 0.29) is 5.97 Å². The van der Waals surface area contributed by atoms with Crippen LogP contribution in [0, 0.1) is 0 Å². The maximum Gasteiger partial charge on any atom is 0.507 e. The molecule has 0 aliphatic rings. The Kier molecular flexibility index (Phi) is 28.5. The number of halogens is 6. The van der Waals surface area contributed by atoms with Crippen molar-refractivity contribution in [3.8, 4) is 0 Å². The fraction of sp³-hybridized carbons (Fsp3) is 0.267. The van der Waals surface area contributed by atoms with Gasteiger partial charge in [-0.3, -0.25) is 63.5 Å². The Labute approximate surface area is 270 Å². The van der Waals surface area contributed by atoms with Gasteiger partial charge in [0.15, 0.2) is 0 Å². The Balaban J connectivity index is -0.000000171. The van der Waals surface area contributed by atoms with Crippen LogP contribution < -0.4 is 0 Å². The van der Waals surface area contributed by atoms with E-state index in [9.17, 15) is 30.0 Å². The van der Waals surface area contributed by atoms with Gasteiger partial charge in [-0.25, -0.2) is 27.4 Å². The van der Waals surface area contributed by atoms with Crippen LogP contribution in [0.15, 0.2) is 42.5 Å². The van der Waals surface area contributed by atoms with E-state index in [4.69, 9.17) is 90.8 Å². The first-order chi connectivity index (χ1) is 20.6. The number of carbonyl (C=O) groups is 1. The van der Waals surface area contributed by atoms with Crippen molar-refractivity contribution < 1.29 is 121 Å². The molecule has 0 spiro atoms. The number of benzene rings is 2. The lowest BCUT2D eigenvalue weighted by atomic mass is 9.93.